The number of hydrogen-bond acceptors (Lipinski definition) is 4. The summed E-state index contributed by atoms with van der Waals surface area (Å²) in [6.45, 7) is 0.531. The van der Waals surface area contributed by atoms with Crippen molar-refractivity contribution in [1.29, 1.82) is 0 Å². The first-order chi connectivity index (χ1) is 11.6. The molecule has 1 heterocycles. The molecule has 2 aromatic rings. The Labute approximate surface area is 139 Å². The number of hydrogen-bond donors (Lipinski definition) is 2. The van der Waals surface area contributed by atoms with Crippen molar-refractivity contribution in [2.24, 2.45) is 0 Å². The second kappa shape index (κ2) is 7.04. The van der Waals surface area contributed by atoms with Crippen LogP contribution in [0.25, 0.3) is 0 Å². The van der Waals surface area contributed by atoms with E-state index in [4.69, 9.17) is 4.74 Å². The van der Waals surface area contributed by atoms with Gasteiger partial charge in [-0.1, -0.05) is 12.1 Å². The lowest BCUT2D eigenvalue weighted by atomic mass is 10.2. The molecule has 6 heteroatoms. The third kappa shape index (κ3) is 3.65. The van der Waals surface area contributed by atoms with Crippen LogP contribution in [0.5, 0.6) is 11.5 Å². The van der Waals surface area contributed by atoms with Gasteiger partial charge in [-0.25, -0.2) is 0 Å². The van der Waals surface area contributed by atoms with Crippen LogP contribution in [0.3, 0.4) is 0 Å². The molecule has 0 spiro atoms. The smallest absolute Gasteiger partial charge is 0.262 e. The molecule has 1 saturated heterocycles. The number of phenols is 1. The van der Waals surface area contributed by atoms with Gasteiger partial charge in [0, 0.05) is 24.3 Å². The van der Waals surface area contributed by atoms with Gasteiger partial charge in [-0.3, -0.25) is 9.59 Å². The highest BCUT2D eigenvalue weighted by atomic mass is 16.5. The highest BCUT2D eigenvalue weighted by Crippen LogP contribution is 2.25. The number of nitrogens with zero attached hydrogens (tertiary/aromatic N) is 1. The van der Waals surface area contributed by atoms with Crippen molar-refractivity contribution in [3.8, 4) is 11.5 Å². The number of aromatic hydroxyl groups is 1. The fraction of sp³-hybridized carbons (Fsp3) is 0.222. The first kappa shape index (κ1) is 15.9. The predicted molar refractivity (Wildman–Crippen MR) is 90.3 cm³/mol. The van der Waals surface area contributed by atoms with Crippen molar-refractivity contribution in [3.05, 3.63) is 48.5 Å². The number of carbonyl (C=O) groups excluding carboxylic acids is 2. The number of phenolic OH excluding ortho intramolecular Hbond substituents is 1. The molecule has 2 N–H and O–H groups in total. The number of para-hydroxylation sites is 2. The molecule has 1 fully saturated rings. The second-order valence-electron chi connectivity index (χ2n) is 5.50. The molecule has 2 aromatic carbocycles. The summed E-state index contributed by atoms with van der Waals surface area (Å²) >= 11 is 0. The zero-order valence-electron chi connectivity index (χ0n) is 13.1. The van der Waals surface area contributed by atoms with E-state index in [2.05, 4.69) is 5.32 Å². The Morgan fingerprint density at radius 1 is 1.17 bits per heavy atom. The zero-order chi connectivity index (χ0) is 16.9. The maximum absolute atomic E-state index is 11.9. The van der Waals surface area contributed by atoms with Crippen molar-refractivity contribution < 1.29 is 19.4 Å². The first-order valence-corrected chi connectivity index (χ1v) is 7.74. The lowest BCUT2D eigenvalue weighted by Crippen LogP contribution is -2.23. The highest BCUT2D eigenvalue weighted by molar-refractivity contribution is 5.96. The van der Waals surface area contributed by atoms with Crippen LogP contribution in [0, 0.1) is 0 Å². The molecule has 0 bridgehead atoms. The Morgan fingerprint density at radius 3 is 2.58 bits per heavy atom. The second-order valence-corrected chi connectivity index (χ2v) is 5.50. The summed E-state index contributed by atoms with van der Waals surface area (Å²) in [5, 5.41) is 12.3. The molecular formula is C18H18N2O4. The van der Waals surface area contributed by atoms with Crippen LogP contribution >= 0.6 is 0 Å². The van der Waals surface area contributed by atoms with Crippen LogP contribution in [-0.4, -0.2) is 30.1 Å². The fourth-order valence-corrected chi connectivity index (χ4v) is 2.57. The monoisotopic (exact) mass is 326 g/mol. The third-order valence-corrected chi connectivity index (χ3v) is 3.76. The predicted octanol–water partition coefficient (Wildman–Crippen LogP) is 2.54. The number of benzene rings is 2. The molecule has 0 unspecified atom stereocenters. The number of nitrogens with one attached hydrogen (secondary N) is 1. The van der Waals surface area contributed by atoms with Gasteiger partial charge in [0.05, 0.1) is 0 Å². The lowest BCUT2D eigenvalue weighted by Gasteiger charge is -2.16. The molecule has 0 atom stereocenters. The Bertz CT molecular complexity index is 743. The van der Waals surface area contributed by atoms with Crippen LogP contribution in [0.2, 0.25) is 0 Å². The van der Waals surface area contributed by atoms with Gasteiger partial charge < -0.3 is 20.1 Å². The average molecular weight is 326 g/mol. The van der Waals surface area contributed by atoms with Gasteiger partial charge in [0.2, 0.25) is 5.91 Å². The van der Waals surface area contributed by atoms with Crippen LogP contribution in [-0.2, 0) is 9.59 Å². The largest absolute Gasteiger partial charge is 0.504 e. The van der Waals surface area contributed by atoms with Crippen LogP contribution in [0.15, 0.2) is 48.5 Å². The van der Waals surface area contributed by atoms with E-state index in [0.29, 0.717) is 12.1 Å². The summed E-state index contributed by atoms with van der Waals surface area (Å²) in [4.78, 5) is 25.4. The standard InChI is InChI=1S/C18H18N2O4/c21-15-4-1-2-5-16(15)24-12-17(22)19-13-7-9-14(10-8-13)20-11-3-6-18(20)23/h1-2,4-5,7-10,21H,3,6,11-12H2,(H,19,22). The van der Waals surface area contributed by atoms with Crippen LogP contribution < -0.4 is 15.0 Å². The minimum atomic E-state index is -0.330. The Hall–Kier alpha value is -3.02. The van der Waals surface area contributed by atoms with Gasteiger partial charge in [-0.05, 0) is 42.8 Å². The van der Waals surface area contributed by atoms with E-state index in [1.165, 1.54) is 6.07 Å². The van der Waals surface area contributed by atoms with Crippen molar-refractivity contribution >= 4 is 23.2 Å². The number of rotatable bonds is 5. The van der Waals surface area contributed by atoms with E-state index in [1.807, 2.05) is 12.1 Å². The SMILES string of the molecule is O=C(COc1ccccc1O)Nc1ccc(N2CCCC2=O)cc1. The first-order valence-electron chi connectivity index (χ1n) is 7.74. The number of amides is 2. The molecule has 124 valence electrons. The van der Waals surface area contributed by atoms with Crippen molar-refractivity contribution in [2.75, 3.05) is 23.4 Å². The minimum absolute atomic E-state index is 0.00932. The topological polar surface area (TPSA) is 78.9 Å². The number of carbonyl (C=O) groups is 2. The maximum Gasteiger partial charge on any atom is 0.262 e. The molecule has 0 aliphatic carbocycles. The molecule has 24 heavy (non-hydrogen) atoms. The molecule has 1 aliphatic rings. The molecule has 0 saturated carbocycles. The number of anilines is 2. The fourth-order valence-electron chi connectivity index (χ4n) is 2.57. The van der Waals surface area contributed by atoms with Gasteiger partial charge in [-0.15, -0.1) is 0 Å². The van der Waals surface area contributed by atoms with E-state index < -0.39 is 0 Å². The van der Waals surface area contributed by atoms with E-state index in [-0.39, 0.29) is 29.9 Å². The molecule has 0 aromatic heterocycles. The number of ether oxygens (including phenoxy) is 1. The van der Waals surface area contributed by atoms with Gasteiger partial charge >= 0.3 is 0 Å². The Morgan fingerprint density at radius 2 is 1.92 bits per heavy atom. The summed E-state index contributed by atoms with van der Waals surface area (Å²) in [7, 11) is 0. The van der Waals surface area contributed by atoms with Gasteiger partial charge in [0.1, 0.15) is 0 Å². The summed E-state index contributed by atoms with van der Waals surface area (Å²) in [5.74, 6) is 0.0478. The quantitative estimate of drug-likeness (QED) is 0.885. The van der Waals surface area contributed by atoms with E-state index >= 15 is 0 Å². The van der Waals surface area contributed by atoms with E-state index in [1.54, 1.807) is 35.2 Å². The molecule has 6 nitrogen and oxygen atoms in total. The average Bonchev–Trinajstić information content (AvgIpc) is 3.01. The maximum atomic E-state index is 11.9. The molecule has 3 rings (SSSR count). The molecule has 2 amide bonds. The van der Waals surface area contributed by atoms with E-state index in [9.17, 15) is 14.7 Å². The summed E-state index contributed by atoms with van der Waals surface area (Å²) in [5.41, 5.74) is 1.46. The highest BCUT2D eigenvalue weighted by Gasteiger charge is 2.21. The lowest BCUT2D eigenvalue weighted by molar-refractivity contribution is -0.118. The van der Waals surface area contributed by atoms with Gasteiger partial charge in [0.25, 0.3) is 5.91 Å². The molecule has 1 aliphatic heterocycles. The van der Waals surface area contributed by atoms with Crippen LogP contribution in [0.1, 0.15) is 12.8 Å². The zero-order valence-corrected chi connectivity index (χ0v) is 13.1. The normalized spacial score (nSPS) is 13.8. The van der Waals surface area contributed by atoms with Gasteiger partial charge in [0.15, 0.2) is 18.1 Å². The third-order valence-electron chi connectivity index (χ3n) is 3.76. The Balaban J connectivity index is 1.55. The summed E-state index contributed by atoms with van der Waals surface area (Å²) in [6.07, 6.45) is 1.46. The summed E-state index contributed by atoms with van der Waals surface area (Å²) in [6, 6.07) is 13.6. The van der Waals surface area contributed by atoms with E-state index in [0.717, 1.165) is 18.7 Å². The molecular weight excluding hydrogens is 308 g/mol. The van der Waals surface area contributed by atoms with Crippen molar-refractivity contribution in [1.82, 2.24) is 0 Å². The van der Waals surface area contributed by atoms with Gasteiger partial charge in [-0.2, -0.15) is 0 Å². The molecule has 0 radical (unpaired) electrons. The van der Waals surface area contributed by atoms with Crippen molar-refractivity contribution in [2.45, 2.75) is 12.8 Å². The van der Waals surface area contributed by atoms with Crippen LogP contribution in [0.4, 0.5) is 11.4 Å². The Kier molecular flexibility index (Phi) is 4.65. The minimum Gasteiger partial charge on any atom is -0.504 e. The summed E-state index contributed by atoms with van der Waals surface area (Å²) < 4.78 is 5.27. The van der Waals surface area contributed by atoms with Crippen molar-refractivity contribution in [3.63, 3.8) is 0 Å².